The van der Waals surface area contributed by atoms with E-state index in [2.05, 4.69) is 14.8 Å². The van der Waals surface area contributed by atoms with Crippen molar-refractivity contribution in [2.24, 2.45) is 0 Å². The van der Waals surface area contributed by atoms with Crippen molar-refractivity contribution in [3.63, 3.8) is 0 Å². The van der Waals surface area contributed by atoms with Crippen LogP contribution in [0.5, 0.6) is 5.75 Å². The maximum absolute atomic E-state index is 12.4. The molecule has 0 spiro atoms. The molecule has 1 aromatic heterocycles. The van der Waals surface area contributed by atoms with Crippen LogP contribution < -0.4 is 37.1 Å². The molecule has 0 saturated carbocycles. The number of ketones is 1. The van der Waals surface area contributed by atoms with Gasteiger partial charge < -0.3 is 53.0 Å². The quantitative estimate of drug-likeness (QED) is 0.0554. The number of aromatic nitrogens is 2. The number of carbonyl (C=O) groups excluding carboxylic acids is 3. The number of carboxylic acid groups (broad SMARTS) is 1. The lowest BCUT2D eigenvalue weighted by molar-refractivity contribution is -0.268. The van der Waals surface area contributed by atoms with Gasteiger partial charge in [0.2, 0.25) is 5.91 Å². The third-order valence-corrected chi connectivity index (χ3v) is 10.8. The number of phosphoric acid groups is 1. The second-order valence-corrected chi connectivity index (χ2v) is 15.8. The molecule has 3 aliphatic rings. The van der Waals surface area contributed by atoms with Gasteiger partial charge in [-0.2, -0.15) is 0 Å². The van der Waals surface area contributed by atoms with Gasteiger partial charge in [0.05, 0.1) is 24.2 Å². The minimum Gasteiger partial charge on any atom is -0.872 e. The number of methoxy groups -OCH3 is 1. The predicted octanol–water partition coefficient (Wildman–Crippen LogP) is 3.03. The second kappa shape index (κ2) is 21.7. The largest absolute Gasteiger partial charge is 0.872 e. The summed E-state index contributed by atoms with van der Waals surface area (Å²) in [5.74, 6) is -1.47. The molecule has 330 valence electrons. The number of fused-ring (bicyclic) bond motifs is 2. The Morgan fingerprint density at radius 2 is 1.73 bits per heavy atom. The number of aromatic carboxylic acids is 1. The number of phosphoric ester groups is 1. The molecular formula is C43H45N3O15P-3. The average molecular weight is 875 g/mol. The Morgan fingerprint density at radius 3 is 2.45 bits per heavy atom. The molecule has 1 amide bonds. The highest BCUT2D eigenvalue weighted by Gasteiger charge is 2.39. The molecule has 6 rings (SSSR count). The summed E-state index contributed by atoms with van der Waals surface area (Å²) in [6, 6.07) is 15.0. The summed E-state index contributed by atoms with van der Waals surface area (Å²) < 4.78 is 38.7. The lowest BCUT2D eigenvalue weighted by atomic mass is 9.91. The molecule has 19 heteroatoms. The van der Waals surface area contributed by atoms with E-state index in [-0.39, 0.29) is 52.5 Å². The summed E-state index contributed by atoms with van der Waals surface area (Å²) in [4.78, 5) is 84.9. The van der Waals surface area contributed by atoms with Crippen LogP contribution >= 0.6 is 7.82 Å². The Morgan fingerprint density at radius 1 is 0.984 bits per heavy atom. The van der Waals surface area contributed by atoms with Crippen molar-refractivity contribution in [2.45, 2.75) is 70.3 Å². The molecular weight excluding hydrogens is 829 g/mol. The van der Waals surface area contributed by atoms with Gasteiger partial charge in [-0.3, -0.25) is 28.5 Å². The highest BCUT2D eigenvalue weighted by Crippen LogP contribution is 2.44. The normalized spacial score (nSPS) is 17.1. The van der Waals surface area contributed by atoms with Crippen LogP contribution in [0.15, 0.2) is 91.7 Å². The molecule has 4 atom stereocenters. The molecule has 2 aromatic carbocycles. The monoisotopic (exact) mass is 874 g/mol. The second-order valence-electron chi connectivity index (χ2n) is 14.3. The van der Waals surface area contributed by atoms with Crippen molar-refractivity contribution in [1.29, 1.82) is 0 Å². The van der Waals surface area contributed by atoms with Crippen LogP contribution in [0.2, 0.25) is 0 Å². The molecule has 62 heavy (non-hydrogen) atoms. The molecule has 2 unspecified atom stereocenters. The van der Waals surface area contributed by atoms with E-state index in [1.165, 1.54) is 55.8 Å². The molecule has 3 aromatic rings. The maximum atomic E-state index is 12.4. The molecule has 1 fully saturated rings. The van der Waals surface area contributed by atoms with Crippen LogP contribution in [-0.2, 0) is 32.7 Å². The van der Waals surface area contributed by atoms with E-state index in [4.69, 9.17) is 18.4 Å². The Hall–Kier alpha value is -6.01. The van der Waals surface area contributed by atoms with Gasteiger partial charge in [0, 0.05) is 74.0 Å². The highest BCUT2D eigenvalue weighted by molar-refractivity contribution is 7.45. The summed E-state index contributed by atoms with van der Waals surface area (Å²) in [6.07, 6.45) is 6.05. The van der Waals surface area contributed by atoms with Crippen LogP contribution in [0, 0.1) is 0 Å². The number of hydrogen-bond donors (Lipinski definition) is 2. The first-order valence-electron chi connectivity index (χ1n) is 19.6. The number of rotatable bonds is 18. The van der Waals surface area contributed by atoms with E-state index in [0.29, 0.717) is 35.0 Å². The standard InChI is InChI=1S/C23H36N3O10P.C20H12O5/c1-16(27)9-7-5-4-6-8-12-24-20(28)11-10-17-14-26(23(30)25-22(17)29)21-13-18(19(35-21)15-33-2)36-37(31,32)34-3;21-11-5-7-15-17(9-11)25-18-10-12(22)6-8-16(18)19(15)13-3-1-2-4-14(13)20(23)24/h10-11,14,18-19,21H,4-9,12-13,15H2,1-3H3,(H,24,28)(H,31,32)(H,25,29,30);1-10,21H,(H,23,24)/p-3/b11-10+;/t18?,19-,21-;/m1./s1. The number of benzene rings is 3. The third-order valence-electron chi connectivity index (χ3n) is 9.81. The Bertz CT molecular complexity index is 2620. The van der Waals surface area contributed by atoms with Crippen LogP contribution in [0.25, 0.3) is 39.5 Å². The number of carboxylic acids is 1. The first-order chi connectivity index (χ1) is 29.6. The van der Waals surface area contributed by atoms with E-state index in [1.807, 2.05) is 0 Å². The van der Waals surface area contributed by atoms with E-state index >= 15 is 0 Å². The van der Waals surface area contributed by atoms with Gasteiger partial charge in [0.15, 0.2) is 5.43 Å². The number of nitrogens with one attached hydrogen (secondary N) is 2. The summed E-state index contributed by atoms with van der Waals surface area (Å²) in [7, 11) is -2.21. The summed E-state index contributed by atoms with van der Waals surface area (Å²) in [5, 5.41) is 26.5. The molecule has 2 aliphatic heterocycles. The molecule has 0 bridgehead atoms. The zero-order valence-electron chi connectivity index (χ0n) is 34.1. The van der Waals surface area contributed by atoms with Gasteiger partial charge in [0.25, 0.3) is 13.4 Å². The zero-order valence-corrected chi connectivity index (χ0v) is 35.0. The number of aromatic amines is 1. The van der Waals surface area contributed by atoms with Gasteiger partial charge in [0.1, 0.15) is 29.5 Å². The average Bonchev–Trinajstić information content (AvgIpc) is 3.61. The van der Waals surface area contributed by atoms with Gasteiger partial charge in [-0.05, 0) is 49.6 Å². The number of nitrogens with zero attached hydrogens (tertiary/aromatic N) is 1. The Kier molecular flexibility index (Phi) is 16.4. The molecule has 18 nitrogen and oxygen atoms in total. The number of Topliss-reactive ketones (excluding diaryl/α,β-unsaturated/α-hetero) is 1. The number of ether oxygens (including phenoxy) is 2. The van der Waals surface area contributed by atoms with Gasteiger partial charge >= 0.3 is 5.69 Å². The highest BCUT2D eigenvalue weighted by atomic mass is 31.2. The topological polar surface area (TPSA) is 271 Å². The SMILES string of the molecule is COC[C@H]1O[C@@H](n2cc(/C=C/C(=O)NCCCCCCCC(C)=O)c(=O)[nH]c2=O)CC1OP(=O)([O-])OC.O=C([O-])c1ccccc1-c1c2ccc(=O)cc-2oc2cc([O-])ccc12. The maximum Gasteiger partial charge on any atom is 0.330 e. The van der Waals surface area contributed by atoms with Crippen molar-refractivity contribution >= 4 is 42.5 Å². The van der Waals surface area contributed by atoms with Crippen LogP contribution in [0.1, 0.15) is 74.0 Å². The zero-order chi connectivity index (χ0) is 45.0. The lowest BCUT2D eigenvalue weighted by Crippen LogP contribution is -2.33. The van der Waals surface area contributed by atoms with E-state index in [1.54, 1.807) is 37.3 Å². The van der Waals surface area contributed by atoms with Crippen molar-refractivity contribution in [1.82, 2.24) is 14.9 Å². The summed E-state index contributed by atoms with van der Waals surface area (Å²) in [5.41, 5.74) is 0.228. The predicted molar refractivity (Wildman–Crippen MR) is 220 cm³/mol. The van der Waals surface area contributed by atoms with E-state index < -0.39 is 49.4 Å². The van der Waals surface area contributed by atoms with Crippen molar-refractivity contribution in [2.75, 3.05) is 27.4 Å². The number of amides is 1. The van der Waals surface area contributed by atoms with Crippen molar-refractivity contribution < 1.29 is 57.0 Å². The van der Waals surface area contributed by atoms with Crippen LogP contribution in [0.4, 0.5) is 0 Å². The fourth-order valence-corrected chi connectivity index (χ4v) is 7.46. The number of carbonyl (C=O) groups is 3. The summed E-state index contributed by atoms with van der Waals surface area (Å²) in [6.45, 7) is 2.04. The van der Waals surface area contributed by atoms with E-state index in [9.17, 15) is 48.4 Å². The minimum atomic E-state index is -4.57. The number of H-pyrrole nitrogens is 1. The van der Waals surface area contributed by atoms with Crippen molar-refractivity contribution in [3.8, 4) is 28.2 Å². The number of unbranched alkanes of at least 4 members (excludes halogenated alkanes) is 4. The van der Waals surface area contributed by atoms with Gasteiger partial charge in [-0.25, -0.2) is 4.79 Å². The minimum absolute atomic E-state index is 0.00562. The van der Waals surface area contributed by atoms with Crippen molar-refractivity contribution in [3.05, 3.63) is 115 Å². The smallest absolute Gasteiger partial charge is 0.330 e. The molecule has 3 heterocycles. The molecule has 2 N–H and O–H groups in total. The fourth-order valence-electron chi connectivity index (χ4n) is 6.82. The molecule has 1 aliphatic carbocycles. The molecule has 0 radical (unpaired) electrons. The lowest BCUT2D eigenvalue weighted by Gasteiger charge is -2.26. The van der Waals surface area contributed by atoms with Crippen LogP contribution in [0.3, 0.4) is 0 Å². The summed E-state index contributed by atoms with van der Waals surface area (Å²) >= 11 is 0. The third kappa shape index (κ3) is 12.5. The fraction of sp³-hybridized carbons (Fsp3) is 0.349. The van der Waals surface area contributed by atoms with E-state index in [0.717, 1.165) is 43.8 Å². The Labute approximate surface area is 354 Å². The van der Waals surface area contributed by atoms with Gasteiger partial charge in [-0.15, -0.1) is 5.75 Å². The first kappa shape index (κ1) is 47.0. The Balaban J connectivity index is 0.000000250. The molecule has 1 saturated heterocycles. The van der Waals surface area contributed by atoms with Crippen LogP contribution in [-0.4, -0.2) is 66.8 Å². The van der Waals surface area contributed by atoms with Gasteiger partial charge in [-0.1, -0.05) is 55.7 Å². The number of hydrogen-bond acceptors (Lipinski definition) is 15. The first-order valence-corrected chi connectivity index (χ1v) is 21.1.